The number of benzene rings is 1. The van der Waals surface area contributed by atoms with E-state index >= 15 is 0 Å². The molecular formula is C25H27NO8. The largest absolute Gasteiger partial charge is 0.508 e. The second kappa shape index (κ2) is 8.09. The number of Topliss-reactive ketones (excluding diaryl/α,β-unsaturated/α-hetero) is 3. The number of rotatable bonds is 5. The molecule has 9 heteroatoms. The molecule has 0 spiro atoms. The lowest BCUT2D eigenvalue weighted by atomic mass is 9.59. The summed E-state index contributed by atoms with van der Waals surface area (Å²) in [5, 5.41) is 44.1. The van der Waals surface area contributed by atoms with Gasteiger partial charge in [-0.15, -0.1) is 0 Å². The van der Waals surface area contributed by atoms with E-state index in [-0.39, 0.29) is 54.8 Å². The Hall–Kier alpha value is -3.46. The molecule has 1 aromatic carbocycles. The fourth-order valence-corrected chi connectivity index (χ4v) is 5.64. The van der Waals surface area contributed by atoms with Crippen LogP contribution in [0.15, 0.2) is 23.0 Å². The highest BCUT2D eigenvalue weighted by atomic mass is 16.3. The van der Waals surface area contributed by atoms with Gasteiger partial charge in [-0.05, 0) is 55.2 Å². The average Bonchev–Trinajstić information content (AvgIpc) is 2.75. The van der Waals surface area contributed by atoms with Crippen LogP contribution in [-0.4, -0.2) is 49.3 Å². The number of aliphatic hydroxyl groups is 3. The lowest BCUT2D eigenvalue weighted by Gasteiger charge is -2.46. The van der Waals surface area contributed by atoms with E-state index in [1.54, 1.807) is 6.07 Å². The minimum absolute atomic E-state index is 0.0621. The smallest absolute Gasteiger partial charge is 0.255 e. The van der Waals surface area contributed by atoms with E-state index in [9.17, 15) is 39.6 Å². The van der Waals surface area contributed by atoms with Crippen molar-refractivity contribution < 1.29 is 39.6 Å². The molecule has 1 saturated carbocycles. The molecule has 0 bridgehead atoms. The maximum atomic E-state index is 13.5. The van der Waals surface area contributed by atoms with Gasteiger partial charge in [-0.25, -0.2) is 0 Å². The Morgan fingerprint density at radius 3 is 2.41 bits per heavy atom. The van der Waals surface area contributed by atoms with Gasteiger partial charge < -0.3 is 31.0 Å². The number of aliphatic hydroxyl groups excluding tert-OH is 2. The zero-order valence-electron chi connectivity index (χ0n) is 19.0. The molecule has 3 aliphatic rings. The van der Waals surface area contributed by atoms with Gasteiger partial charge in [0.2, 0.25) is 5.78 Å². The van der Waals surface area contributed by atoms with Crippen LogP contribution in [0.3, 0.4) is 0 Å². The normalized spacial score (nSPS) is 26.2. The first-order valence-corrected chi connectivity index (χ1v) is 11.3. The van der Waals surface area contributed by atoms with Crippen molar-refractivity contribution in [3.05, 3.63) is 45.2 Å². The second-order valence-corrected chi connectivity index (χ2v) is 9.36. The fourth-order valence-electron chi connectivity index (χ4n) is 5.64. The van der Waals surface area contributed by atoms with Crippen molar-refractivity contribution in [1.82, 2.24) is 0 Å². The molecule has 9 nitrogen and oxygen atoms in total. The van der Waals surface area contributed by atoms with Gasteiger partial charge in [-0.3, -0.25) is 14.4 Å². The zero-order chi connectivity index (χ0) is 25.1. The van der Waals surface area contributed by atoms with Crippen LogP contribution in [-0.2, 0) is 38.4 Å². The lowest BCUT2D eigenvalue weighted by Crippen LogP contribution is -2.58. The first kappa shape index (κ1) is 23.7. The van der Waals surface area contributed by atoms with Crippen LogP contribution in [0.4, 0.5) is 0 Å². The van der Waals surface area contributed by atoms with Crippen molar-refractivity contribution in [2.75, 3.05) is 0 Å². The number of carbonyl (C=O) groups excluding carboxylic acids is 4. The first-order chi connectivity index (χ1) is 15.9. The van der Waals surface area contributed by atoms with Crippen LogP contribution in [0.1, 0.15) is 55.4 Å². The SMILES string of the molecule is CCc1cc(CCC(C)=O)c(O)c2c1C[C@H]1C[C@H]3CC(=O)C(C(N)=O)=C(O)[C@@]3(O)C(=O)C1=C2O. The molecule has 4 rings (SSSR count). The second-order valence-electron chi connectivity index (χ2n) is 9.36. The van der Waals surface area contributed by atoms with E-state index in [4.69, 9.17) is 5.73 Å². The molecular weight excluding hydrogens is 442 g/mol. The van der Waals surface area contributed by atoms with Crippen molar-refractivity contribution in [3.63, 3.8) is 0 Å². The number of aryl methyl sites for hydroxylation is 2. The molecule has 1 aromatic rings. The highest BCUT2D eigenvalue weighted by Crippen LogP contribution is 2.52. The average molecular weight is 469 g/mol. The minimum atomic E-state index is -2.58. The number of primary amides is 1. The Balaban J connectivity index is 1.91. The predicted octanol–water partition coefficient (Wildman–Crippen LogP) is 1.51. The first-order valence-electron chi connectivity index (χ1n) is 11.3. The summed E-state index contributed by atoms with van der Waals surface area (Å²) in [4.78, 5) is 49.1. The lowest BCUT2D eigenvalue weighted by molar-refractivity contribution is -0.147. The number of fused-ring (bicyclic) bond motifs is 3. The summed E-state index contributed by atoms with van der Waals surface area (Å²) >= 11 is 0. The van der Waals surface area contributed by atoms with Gasteiger partial charge in [0.15, 0.2) is 11.4 Å². The van der Waals surface area contributed by atoms with Gasteiger partial charge in [0.1, 0.15) is 28.6 Å². The highest BCUT2D eigenvalue weighted by molar-refractivity contribution is 6.22. The molecule has 6 N–H and O–H groups in total. The zero-order valence-corrected chi connectivity index (χ0v) is 19.0. The number of ketones is 3. The number of phenolic OH excluding ortho intramolecular Hbond substituents is 1. The third kappa shape index (κ3) is 3.26. The van der Waals surface area contributed by atoms with Gasteiger partial charge in [0.05, 0.1) is 5.56 Å². The standard InChI is InChI=1S/C25H27NO8/c1-3-11-6-12(5-4-10(2)27)20(29)18-15(11)8-13-7-14-9-16(28)19(24(26)33)23(32)25(14,34)22(31)17(13)21(18)30/h6,13-14,29-30,32,34H,3-5,7-9H2,1-2H3,(H2,26,33)/t13-,14+,25+/m1/s1. The van der Waals surface area contributed by atoms with Crippen molar-refractivity contribution in [2.45, 2.75) is 58.0 Å². The molecule has 0 unspecified atom stereocenters. The fraction of sp³-hybridized carbons (Fsp3) is 0.440. The molecule has 0 aromatic heterocycles. The summed E-state index contributed by atoms with van der Waals surface area (Å²) in [5.74, 6) is -6.48. The summed E-state index contributed by atoms with van der Waals surface area (Å²) in [6.45, 7) is 3.35. The van der Waals surface area contributed by atoms with E-state index in [1.165, 1.54) is 6.92 Å². The maximum absolute atomic E-state index is 13.5. The Morgan fingerprint density at radius 1 is 1.15 bits per heavy atom. The summed E-state index contributed by atoms with van der Waals surface area (Å²) in [5.41, 5.74) is 3.68. The minimum Gasteiger partial charge on any atom is -0.508 e. The van der Waals surface area contributed by atoms with Crippen LogP contribution in [0.5, 0.6) is 5.75 Å². The van der Waals surface area contributed by atoms with E-state index in [2.05, 4.69) is 0 Å². The summed E-state index contributed by atoms with van der Waals surface area (Å²) in [7, 11) is 0. The number of phenols is 1. The van der Waals surface area contributed by atoms with Gasteiger partial charge >= 0.3 is 0 Å². The van der Waals surface area contributed by atoms with Crippen LogP contribution in [0.2, 0.25) is 0 Å². The monoisotopic (exact) mass is 469 g/mol. The number of nitrogens with two attached hydrogens (primary N) is 1. The Bertz CT molecular complexity index is 1220. The van der Waals surface area contributed by atoms with Crippen LogP contribution in [0, 0.1) is 11.8 Å². The van der Waals surface area contributed by atoms with E-state index in [0.29, 0.717) is 17.5 Å². The number of hydrogen-bond donors (Lipinski definition) is 5. The molecule has 0 radical (unpaired) electrons. The third-order valence-electron chi connectivity index (χ3n) is 7.36. The van der Waals surface area contributed by atoms with E-state index in [0.717, 1.165) is 5.56 Å². The van der Waals surface area contributed by atoms with Crippen LogP contribution < -0.4 is 5.73 Å². The number of hydrogen-bond acceptors (Lipinski definition) is 8. The van der Waals surface area contributed by atoms with Gasteiger partial charge in [-0.2, -0.15) is 0 Å². The molecule has 0 saturated heterocycles. The number of aromatic hydroxyl groups is 1. The summed E-state index contributed by atoms with van der Waals surface area (Å²) < 4.78 is 0. The van der Waals surface area contributed by atoms with Gasteiger partial charge in [-0.1, -0.05) is 13.0 Å². The van der Waals surface area contributed by atoms with Crippen molar-refractivity contribution >= 4 is 29.0 Å². The molecule has 34 heavy (non-hydrogen) atoms. The van der Waals surface area contributed by atoms with Gasteiger partial charge in [0, 0.05) is 24.3 Å². The van der Waals surface area contributed by atoms with E-state index in [1.807, 2.05) is 6.92 Å². The Labute approximate surface area is 195 Å². The molecule has 0 aliphatic heterocycles. The molecule has 180 valence electrons. The van der Waals surface area contributed by atoms with Gasteiger partial charge in [0.25, 0.3) is 5.91 Å². The number of amides is 1. The number of carbonyl (C=O) groups is 4. The Kier molecular flexibility index (Phi) is 5.64. The molecule has 1 fully saturated rings. The quantitative estimate of drug-likeness (QED) is 0.403. The maximum Gasteiger partial charge on any atom is 0.255 e. The van der Waals surface area contributed by atoms with Crippen molar-refractivity contribution in [1.29, 1.82) is 0 Å². The molecule has 1 amide bonds. The van der Waals surface area contributed by atoms with Crippen LogP contribution in [0.25, 0.3) is 5.76 Å². The molecule has 3 aliphatic carbocycles. The predicted molar refractivity (Wildman–Crippen MR) is 120 cm³/mol. The summed E-state index contributed by atoms with van der Waals surface area (Å²) in [6, 6.07) is 1.80. The molecule has 3 atom stereocenters. The van der Waals surface area contributed by atoms with Crippen molar-refractivity contribution in [2.24, 2.45) is 17.6 Å². The third-order valence-corrected chi connectivity index (χ3v) is 7.36. The molecule has 0 heterocycles. The Morgan fingerprint density at radius 2 is 1.82 bits per heavy atom. The van der Waals surface area contributed by atoms with E-state index < -0.39 is 52.0 Å². The highest BCUT2D eigenvalue weighted by Gasteiger charge is 2.60. The topological polar surface area (TPSA) is 175 Å². The van der Waals surface area contributed by atoms with Crippen molar-refractivity contribution in [3.8, 4) is 5.75 Å². The van der Waals surface area contributed by atoms with Crippen LogP contribution >= 0.6 is 0 Å². The summed E-state index contributed by atoms with van der Waals surface area (Å²) in [6.07, 6.45) is 1.05.